The molecule has 0 unspecified atom stereocenters. The van der Waals surface area contributed by atoms with Gasteiger partial charge in [0, 0.05) is 28.8 Å². The number of methoxy groups -OCH3 is 2. The number of hydrogen-bond acceptors (Lipinski definition) is 3. The van der Waals surface area contributed by atoms with Gasteiger partial charge in [-0.3, -0.25) is 4.90 Å². The van der Waals surface area contributed by atoms with E-state index in [4.69, 9.17) is 9.47 Å². The quantitative estimate of drug-likeness (QED) is 0.362. The molecule has 1 aliphatic heterocycles. The molecule has 0 saturated carbocycles. The molecule has 3 rings (SSSR count). The molecule has 0 aliphatic carbocycles. The number of amides is 2. The number of unbranched alkanes of at least 4 members (excludes halogenated alkanes) is 3. The first-order valence-corrected chi connectivity index (χ1v) is 11.9. The van der Waals surface area contributed by atoms with E-state index < -0.39 is 0 Å². The van der Waals surface area contributed by atoms with Gasteiger partial charge in [0.25, 0.3) is 0 Å². The molecular formula is C25H33BrN2O3. The molecule has 0 spiro atoms. The number of urea groups is 1. The number of nitrogens with zero attached hydrogens (tertiary/aromatic N) is 2. The maximum atomic E-state index is 13.3. The number of aryl methyl sites for hydroxylation is 1. The van der Waals surface area contributed by atoms with Crippen molar-refractivity contribution in [1.82, 2.24) is 4.90 Å². The molecule has 1 fully saturated rings. The summed E-state index contributed by atoms with van der Waals surface area (Å²) < 4.78 is 12.1. The van der Waals surface area contributed by atoms with Crippen LogP contribution in [0.4, 0.5) is 10.5 Å². The molecule has 2 amide bonds. The Kier molecular flexibility index (Phi) is 8.64. The maximum absolute atomic E-state index is 13.3. The lowest BCUT2D eigenvalue weighted by molar-refractivity contribution is 0.192. The van der Waals surface area contributed by atoms with Crippen molar-refractivity contribution in [2.75, 3.05) is 32.2 Å². The predicted octanol–water partition coefficient (Wildman–Crippen LogP) is 6.42. The van der Waals surface area contributed by atoms with Gasteiger partial charge in [0.05, 0.1) is 20.8 Å². The van der Waals surface area contributed by atoms with Gasteiger partial charge in [-0.1, -0.05) is 48.2 Å². The zero-order valence-corrected chi connectivity index (χ0v) is 20.4. The summed E-state index contributed by atoms with van der Waals surface area (Å²) in [4.78, 5) is 17.1. The second-order valence-corrected chi connectivity index (χ2v) is 8.89. The molecule has 0 bridgehead atoms. The first-order chi connectivity index (χ1) is 15.1. The van der Waals surface area contributed by atoms with Gasteiger partial charge in [-0.05, 0) is 55.2 Å². The number of halogens is 1. The van der Waals surface area contributed by atoms with E-state index >= 15 is 0 Å². The predicted molar refractivity (Wildman–Crippen MR) is 129 cm³/mol. The van der Waals surface area contributed by atoms with Gasteiger partial charge in [0.2, 0.25) is 0 Å². The molecule has 6 heteroatoms. The fraction of sp³-hybridized carbons (Fsp3) is 0.480. The SMILES string of the molecule is CCCCCCc1cc(N2CCCN(Cc3ccc(Br)cc3OC)C2=O)ccc1OC. The van der Waals surface area contributed by atoms with E-state index in [1.165, 1.54) is 24.8 Å². The van der Waals surface area contributed by atoms with Crippen LogP contribution < -0.4 is 14.4 Å². The van der Waals surface area contributed by atoms with E-state index in [1.54, 1.807) is 14.2 Å². The third-order valence-electron chi connectivity index (χ3n) is 5.80. The van der Waals surface area contributed by atoms with Crippen molar-refractivity contribution in [2.45, 2.75) is 52.0 Å². The second kappa shape index (κ2) is 11.4. The van der Waals surface area contributed by atoms with Gasteiger partial charge in [-0.2, -0.15) is 0 Å². The van der Waals surface area contributed by atoms with E-state index in [1.807, 2.05) is 40.1 Å². The third kappa shape index (κ3) is 5.94. The zero-order chi connectivity index (χ0) is 22.2. The van der Waals surface area contributed by atoms with Crippen molar-refractivity contribution < 1.29 is 14.3 Å². The highest BCUT2D eigenvalue weighted by atomic mass is 79.9. The second-order valence-electron chi connectivity index (χ2n) is 7.97. The monoisotopic (exact) mass is 488 g/mol. The summed E-state index contributed by atoms with van der Waals surface area (Å²) in [5, 5.41) is 0. The molecule has 2 aromatic carbocycles. The topological polar surface area (TPSA) is 42.0 Å². The molecule has 1 heterocycles. The van der Waals surface area contributed by atoms with Crippen molar-refractivity contribution in [2.24, 2.45) is 0 Å². The highest BCUT2D eigenvalue weighted by molar-refractivity contribution is 9.10. The smallest absolute Gasteiger partial charge is 0.324 e. The Morgan fingerprint density at radius 1 is 0.935 bits per heavy atom. The van der Waals surface area contributed by atoms with Crippen LogP contribution in [0.1, 0.15) is 50.2 Å². The van der Waals surface area contributed by atoms with Crippen molar-refractivity contribution >= 4 is 27.6 Å². The molecule has 5 nitrogen and oxygen atoms in total. The standard InChI is InChI=1S/C25H33BrN2O3/c1-4-5-6-7-9-19-16-22(12-13-23(19)30-2)28-15-8-14-27(25(28)29)18-20-10-11-21(26)17-24(20)31-3/h10-13,16-17H,4-9,14-15,18H2,1-3H3. The van der Waals surface area contributed by atoms with E-state index in [2.05, 4.69) is 28.9 Å². The molecule has 168 valence electrons. The molecule has 0 aromatic heterocycles. The Morgan fingerprint density at radius 2 is 1.74 bits per heavy atom. The van der Waals surface area contributed by atoms with Crippen LogP contribution in [0.2, 0.25) is 0 Å². The molecule has 0 N–H and O–H groups in total. The Labute approximate surface area is 194 Å². The van der Waals surface area contributed by atoms with E-state index in [0.29, 0.717) is 6.54 Å². The Bertz CT molecular complexity index is 887. The van der Waals surface area contributed by atoms with Crippen LogP contribution in [-0.2, 0) is 13.0 Å². The maximum Gasteiger partial charge on any atom is 0.324 e. The summed E-state index contributed by atoms with van der Waals surface area (Å²) in [5.74, 6) is 1.69. The number of carbonyl (C=O) groups is 1. The van der Waals surface area contributed by atoms with Gasteiger partial charge in [0.15, 0.2) is 0 Å². The molecule has 2 aromatic rings. The summed E-state index contributed by atoms with van der Waals surface area (Å²) in [6.07, 6.45) is 6.73. The highest BCUT2D eigenvalue weighted by Crippen LogP contribution is 2.30. The van der Waals surface area contributed by atoms with Gasteiger partial charge in [-0.15, -0.1) is 0 Å². The Balaban J connectivity index is 1.76. The minimum Gasteiger partial charge on any atom is -0.496 e. The molecule has 1 aliphatic rings. The van der Waals surface area contributed by atoms with Crippen LogP contribution in [0.3, 0.4) is 0 Å². The van der Waals surface area contributed by atoms with E-state index in [-0.39, 0.29) is 6.03 Å². The fourth-order valence-corrected chi connectivity index (χ4v) is 4.43. The van der Waals surface area contributed by atoms with Crippen LogP contribution >= 0.6 is 15.9 Å². The normalized spacial score (nSPS) is 14.1. The first kappa shape index (κ1) is 23.5. The van der Waals surface area contributed by atoms with Gasteiger partial charge >= 0.3 is 6.03 Å². The summed E-state index contributed by atoms with van der Waals surface area (Å²) in [6.45, 7) is 4.23. The molecule has 31 heavy (non-hydrogen) atoms. The van der Waals surface area contributed by atoms with Crippen LogP contribution in [0, 0.1) is 0 Å². The Morgan fingerprint density at radius 3 is 2.48 bits per heavy atom. The van der Waals surface area contributed by atoms with Crippen molar-refractivity contribution in [3.05, 3.63) is 52.0 Å². The first-order valence-electron chi connectivity index (χ1n) is 11.1. The summed E-state index contributed by atoms with van der Waals surface area (Å²) in [6, 6.07) is 12.1. The van der Waals surface area contributed by atoms with Crippen molar-refractivity contribution in [3.63, 3.8) is 0 Å². The van der Waals surface area contributed by atoms with Crippen LogP contribution in [0.25, 0.3) is 0 Å². The number of carbonyl (C=O) groups excluding carboxylic acids is 1. The number of hydrogen-bond donors (Lipinski definition) is 0. The number of ether oxygens (including phenoxy) is 2. The summed E-state index contributed by atoms with van der Waals surface area (Å²) in [5.41, 5.74) is 3.13. The zero-order valence-electron chi connectivity index (χ0n) is 18.8. The minimum absolute atomic E-state index is 0.0401. The Hall–Kier alpha value is -2.21. The summed E-state index contributed by atoms with van der Waals surface area (Å²) in [7, 11) is 3.37. The molecule has 0 radical (unpaired) electrons. The fourth-order valence-electron chi connectivity index (χ4n) is 4.09. The number of benzene rings is 2. The van der Waals surface area contributed by atoms with Crippen molar-refractivity contribution in [1.29, 1.82) is 0 Å². The highest BCUT2D eigenvalue weighted by Gasteiger charge is 2.28. The summed E-state index contributed by atoms with van der Waals surface area (Å²) >= 11 is 3.48. The third-order valence-corrected chi connectivity index (χ3v) is 6.29. The van der Waals surface area contributed by atoms with E-state index in [0.717, 1.165) is 59.6 Å². The van der Waals surface area contributed by atoms with Crippen LogP contribution in [-0.4, -0.2) is 38.2 Å². The van der Waals surface area contributed by atoms with Gasteiger partial charge in [0.1, 0.15) is 11.5 Å². The van der Waals surface area contributed by atoms with E-state index in [9.17, 15) is 4.79 Å². The number of rotatable bonds is 10. The van der Waals surface area contributed by atoms with Gasteiger partial charge < -0.3 is 14.4 Å². The van der Waals surface area contributed by atoms with Gasteiger partial charge in [-0.25, -0.2) is 4.79 Å². The largest absolute Gasteiger partial charge is 0.496 e. The molecule has 1 saturated heterocycles. The lowest BCUT2D eigenvalue weighted by atomic mass is 10.0. The van der Waals surface area contributed by atoms with Crippen LogP contribution in [0.15, 0.2) is 40.9 Å². The molecular weight excluding hydrogens is 456 g/mol. The van der Waals surface area contributed by atoms with Crippen LogP contribution in [0.5, 0.6) is 11.5 Å². The number of anilines is 1. The minimum atomic E-state index is 0.0401. The average molecular weight is 489 g/mol. The lowest BCUT2D eigenvalue weighted by Gasteiger charge is -2.36. The average Bonchev–Trinajstić information content (AvgIpc) is 2.79. The molecule has 0 atom stereocenters. The van der Waals surface area contributed by atoms with Crippen molar-refractivity contribution in [3.8, 4) is 11.5 Å². The lowest BCUT2D eigenvalue weighted by Crippen LogP contribution is -2.49.